The minimum Gasteiger partial charge on any atom is -0.268 e. The first kappa shape index (κ1) is 13.2. The zero-order valence-corrected chi connectivity index (χ0v) is 9.32. The first-order chi connectivity index (χ1) is 6.12. The minimum atomic E-state index is -3.24. The Morgan fingerprint density at radius 3 is 2.38 bits per heavy atom. The Morgan fingerprint density at radius 1 is 1.23 bits per heavy atom. The molecule has 0 aliphatic heterocycles. The van der Waals surface area contributed by atoms with E-state index in [1.807, 2.05) is 13.8 Å². The van der Waals surface area contributed by atoms with Gasteiger partial charge in [-0.05, 0) is 12.8 Å². The summed E-state index contributed by atoms with van der Waals surface area (Å²) < 4.78 is 20.0. The summed E-state index contributed by atoms with van der Waals surface area (Å²) in [6.45, 7) is 4.36. The smallest absolute Gasteiger partial charge is 0.268 e. The maximum Gasteiger partial charge on any atom is 0.298 e. The Bertz CT molecular complexity index is 201. The van der Waals surface area contributed by atoms with Crippen LogP contribution in [0.2, 0.25) is 0 Å². The molecular formula is C6H14O5S2. The normalized spacial score (nSPS) is 15.5. The molecule has 0 spiro atoms. The van der Waals surface area contributed by atoms with Crippen LogP contribution in [-0.4, -0.2) is 17.4 Å². The van der Waals surface area contributed by atoms with E-state index in [0.29, 0.717) is 13.0 Å². The van der Waals surface area contributed by atoms with Crippen LogP contribution in [-0.2, 0) is 38.7 Å². The minimum absolute atomic E-state index is 0.263. The van der Waals surface area contributed by atoms with Gasteiger partial charge < -0.3 is 0 Å². The molecule has 0 rings (SSSR count). The van der Waals surface area contributed by atoms with Gasteiger partial charge in [0, 0.05) is 11.2 Å². The van der Waals surface area contributed by atoms with Gasteiger partial charge in [0.2, 0.25) is 0 Å². The van der Waals surface area contributed by atoms with Crippen molar-refractivity contribution in [3.63, 3.8) is 0 Å². The Labute approximate surface area is 83.2 Å². The standard InChI is InChI=1S/C6H14O5S2/c1-3-5-8-10-11-13(7,12)9-6-4-2/h3-6H2,1-2H3. The van der Waals surface area contributed by atoms with Crippen LogP contribution in [0, 0.1) is 0 Å². The van der Waals surface area contributed by atoms with E-state index < -0.39 is 9.05 Å². The SMILES string of the molecule is CCCOOOS(=O)(=S)OCCC. The van der Waals surface area contributed by atoms with E-state index in [1.54, 1.807) is 0 Å². The first-order valence-electron chi connectivity index (χ1n) is 3.99. The summed E-state index contributed by atoms with van der Waals surface area (Å²) in [6.07, 6.45) is 1.46. The van der Waals surface area contributed by atoms with Gasteiger partial charge in [-0.15, -0.1) is 0 Å². The lowest BCUT2D eigenvalue weighted by Crippen LogP contribution is -2.10. The van der Waals surface area contributed by atoms with E-state index >= 15 is 0 Å². The maximum absolute atomic E-state index is 11.1. The summed E-state index contributed by atoms with van der Waals surface area (Å²) in [4.78, 5) is 4.45. The fraction of sp³-hybridized carbons (Fsp3) is 1.00. The summed E-state index contributed by atoms with van der Waals surface area (Å²) in [5.41, 5.74) is 0. The topological polar surface area (TPSA) is 54.0 Å². The van der Waals surface area contributed by atoms with E-state index in [4.69, 9.17) is 0 Å². The molecule has 0 aromatic heterocycles. The molecule has 0 heterocycles. The molecule has 80 valence electrons. The van der Waals surface area contributed by atoms with Crippen LogP contribution < -0.4 is 0 Å². The average molecular weight is 230 g/mol. The van der Waals surface area contributed by atoms with Crippen LogP contribution in [0.4, 0.5) is 0 Å². The second-order valence-electron chi connectivity index (χ2n) is 2.19. The summed E-state index contributed by atoms with van der Waals surface area (Å²) in [5.74, 6) is 0. The van der Waals surface area contributed by atoms with Gasteiger partial charge in [-0.25, -0.2) is 4.89 Å². The average Bonchev–Trinajstić information content (AvgIpc) is 2.09. The highest BCUT2D eigenvalue weighted by molar-refractivity contribution is 8.27. The van der Waals surface area contributed by atoms with Gasteiger partial charge in [-0.2, -0.15) is 4.21 Å². The molecule has 0 aliphatic rings. The highest BCUT2D eigenvalue weighted by Crippen LogP contribution is 1.99. The molecule has 0 bridgehead atoms. The number of rotatable bonds is 8. The van der Waals surface area contributed by atoms with E-state index in [1.165, 1.54) is 0 Å². The van der Waals surface area contributed by atoms with E-state index in [0.717, 1.165) is 6.42 Å². The summed E-state index contributed by atoms with van der Waals surface area (Å²) >= 11 is 4.44. The van der Waals surface area contributed by atoms with Gasteiger partial charge in [0.25, 0.3) is 9.05 Å². The lowest BCUT2D eigenvalue weighted by Gasteiger charge is -2.05. The van der Waals surface area contributed by atoms with Crippen molar-refractivity contribution in [2.75, 3.05) is 13.2 Å². The molecule has 0 saturated heterocycles. The molecule has 1 unspecified atom stereocenters. The van der Waals surface area contributed by atoms with Gasteiger partial charge in [0.1, 0.15) is 0 Å². The summed E-state index contributed by atoms with van der Waals surface area (Å²) in [6, 6.07) is 0. The lowest BCUT2D eigenvalue weighted by atomic mass is 10.5. The monoisotopic (exact) mass is 230 g/mol. The van der Waals surface area contributed by atoms with Crippen LogP contribution in [0.25, 0.3) is 0 Å². The van der Waals surface area contributed by atoms with Crippen molar-refractivity contribution < 1.29 is 22.7 Å². The van der Waals surface area contributed by atoms with Crippen LogP contribution in [0.5, 0.6) is 0 Å². The zero-order chi connectivity index (χ0) is 10.2. The van der Waals surface area contributed by atoms with Crippen molar-refractivity contribution in [3.05, 3.63) is 0 Å². The predicted octanol–water partition coefficient (Wildman–Crippen LogP) is 1.28. The van der Waals surface area contributed by atoms with Gasteiger partial charge >= 0.3 is 0 Å². The molecular weight excluding hydrogens is 216 g/mol. The Hall–Kier alpha value is 0.210. The molecule has 0 amide bonds. The molecule has 13 heavy (non-hydrogen) atoms. The maximum atomic E-state index is 11.1. The molecule has 0 fully saturated rings. The van der Waals surface area contributed by atoms with E-state index in [9.17, 15) is 4.21 Å². The first-order valence-corrected chi connectivity index (χ1v) is 6.32. The molecule has 0 aromatic rings. The van der Waals surface area contributed by atoms with Crippen molar-refractivity contribution in [2.24, 2.45) is 0 Å². The number of hydrogen-bond acceptors (Lipinski definition) is 6. The quantitative estimate of drug-likeness (QED) is 0.356. The fourth-order valence-electron chi connectivity index (χ4n) is 0.376. The van der Waals surface area contributed by atoms with Gasteiger partial charge in [0.05, 0.1) is 13.2 Å². The zero-order valence-electron chi connectivity index (χ0n) is 7.69. The molecule has 7 heteroatoms. The summed E-state index contributed by atoms with van der Waals surface area (Å²) in [7, 11) is -3.24. The third-order valence-corrected chi connectivity index (χ3v) is 2.01. The Balaban J connectivity index is 3.52. The molecule has 0 N–H and O–H groups in total. The van der Waals surface area contributed by atoms with Crippen molar-refractivity contribution in [1.82, 2.24) is 0 Å². The number of hydrogen-bond donors (Lipinski definition) is 0. The van der Waals surface area contributed by atoms with Crippen molar-refractivity contribution in [2.45, 2.75) is 26.7 Å². The van der Waals surface area contributed by atoms with Crippen LogP contribution >= 0.6 is 0 Å². The lowest BCUT2D eigenvalue weighted by molar-refractivity contribution is -0.465. The Kier molecular flexibility index (Phi) is 7.72. The van der Waals surface area contributed by atoms with Crippen LogP contribution in [0.3, 0.4) is 0 Å². The highest BCUT2D eigenvalue weighted by Gasteiger charge is 2.07. The fourth-order valence-corrected chi connectivity index (χ4v) is 1.17. The highest BCUT2D eigenvalue weighted by atomic mass is 32.9. The van der Waals surface area contributed by atoms with E-state index in [2.05, 4.69) is 29.6 Å². The molecule has 0 aromatic carbocycles. The van der Waals surface area contributed by atoms with Gasteiger partial charge in [-0.1, -0.05) is 23.2 Å². The molecule has 0 radical (unpaired) electrons. The van der Waals surface area contributed by atoms with Gasteiger partial charge in [0.15, 0.2) is 0 Å². The van der Waals surface area contributed by atoms with Crippen LogP contribution in [0.1, 0.15) is 26.7 Å². The van der Waals surface area contributed by atoms with E-state index in [-0.39, 0.29) is 6.61 Å². The van der Waals surface area contributed by atoms with Crippen molar-refractivity contribution in [3.8, 4) is 0 Å². The van der Waals surface area contributed by atoms with Crippen molar-refractivity contribution in [1.29, 1.82) is 0 Å². The largest absolute Gasteiger partial charge is 0.298 e. The predicted molar refractivity (Wildman–Crippen MR) is 50.2 cm³/mol. The summed E-state index contributed by atoms with van der Waals surface area (Å²) in [5, 5.41) is 4.13. The molecule has 0 aliphatic carbocycles. The second-order valence-corrected chi connectivity index (χ2v) is 4.60. The van der Waals surface area contributed by atoms with Gasteiger partial charge in [-0.3, -0.25) is 4.18 Å². The molecule has 0 saturated carbocycles. The molecule has 5 nitrogen and oxygen atoms in total. The Morgan fingerprint density at radius 2 is 1.85 bits per heavy atom. The van der Waals surface area contributed by atoms with Crippen LogP contribution in [0.15, 0.2) is 0 Å². The van der Waals surface area contributed by atoms with Crippen molar-refractivity contribution >= 4 is 20.2 Å². The second kappa shape index (κ2) is 7.60. The molecule has 1 atom stereocenters. The third-order valence-electron chi connectivity index (χ3n) is 0.878. The third kappa shape index (κ3) is 8.54.